The fraction of sp³-hybridized carbons (Fsp3) is 0.538. The van der Waals surface area contributed by atoms with E-state index in [2.05, 4.69) is 46.1 Å². The molecule has 2 atom stereocenters. The summed E-state index contributed by atoms with van der Waals surface area (Å²) in [5.74, 6) is 0. The lowest BCUT2D eigenvalue weighted by molar-refractivity contribution is 0.193. The van der Waals surface area contributed by atoms with Gasteiger partial charge in [-0.25, -0.2) is 0 Å². The molecule has 0 radical (unpaired) electrons. The molecule has 1 aliphatic heterocycles. The van der Waals surface area contributed by atoms with Gasteiger partial charge in [-0.1, -0.05) is 22.0 Å². The van der Waals surface area contributed by atoms with Gasteiger partial charge in [0.1, 0.15) is 0 Å². The summed E-state index contributed by atoms with van der Waals surface area (Å²) in [7, 11) is 2.12. The third-order valence-corrected chi connectivity index (χ3v) is 4.02. The van der Waals surface area contributed by atoms with Crippen LogP contribution in [0, 0.1) is 0 Å². The molecule has 1 saturated heterocycles. The molecule has 1 fully saturated rings. The van der Waals surface area contributed by atoms with Gasteiger partial charge in [-0.3, -0.25) is 0 Å². The largest absolute Gasteiger partial charge is 0.379 e. The van der Waals surface area contributed by atoms with Gasteiger partial charge in [-0.2, -0.15) is 0 Å². The fourth-order valence-electron chi connectivity index (χ4n) is 2.14. The van der Waals surface area contributed by atoms with E-state index in [9.17, 15) is 0 Å². The number of hydrogen-bond donors (Lipinski definition) is 1. The van der Waals surface area contributed by atoms with Crippen LogP contribution < -0.4 is 10.6 Å². The van der Waals surface area contributed by atoms with Gasteiger partial charge in [0.25, 0.3) is 0 Å². The maximum atomic E-state index is 5.90. The van der Waals surface area contributed by atoms with E-state index in [0.29, 0.717) is 6.04 Å². The predicted octanol–water partition coefficient (Wildman–Crippen LogP) is 2.69. The second-order valence-corrected chi connectivity index (χ2v) is 5.48. The van der Waals surface area contributed by atoms with E-state index >= 15 is 0 Å². The van der Waals surface area contributed by atoms with E-state index in [-0.39, 0.29) is 6.04 Å². The Hall–Kier alpha value is -0.580. The molecule has 0 aromatic heterocycles. The topological polar surface area (TPSA) is 38.5 Å². The quantitative estimate of drug-likeness (QED) is 0.932. The monoisotopic (exact) mass is 298 g/mol. The Morgan fingerprint density at radius 3 is 2.82 bits per heavy atom. The average molecular weight is 299 g/mol. The Balaban J connectivity index is 2.18. The fourth-order valence-corrected chi connectivity index (χ4v) is 2.87. The molecule has 3 nitrogen and oxygen atoms in total. The normalized spacial score (nSPS) is 21.5. The first-order chi connectivity index (χ1) is 8.09. The summed E-state index contributed by atoms with van der Waals surface area (Å²) in [5, 5.41) is 0. The standard InChI is InChI=1S/C13H19BrN2O/c1-9(15)12-4-3-10(7-13(12)14)16(2)11-5-6-17-8-11/h3-4,7,9,11H,5-6,8,15H2,1-2H3. The smallest absolute Gasteiger partial charge is 0.0670 e. The van der Waals surface area contributed by atoms with Crippen molar-refractivity contribution >= 4 is 21.6 Å². The van der Waals surface area contributed by atoms with E-state index in [1.807, 2.05) is 6.92 Å². The van der Waals surface area contributed by atoms with Crippen molar-refractivity contribution in [3.05, 3.63) is 28.2 Å². The minimum Gasteiger partial charge on any atom is -0.379 e. The number of benzene rings is 1. The van der Waals surface area contributed by atoms with Crippen LogP contribution in [0.2, 0.25) is 0 Å². The molecule has 1 heterocycles. The average Bonchev–Trinajstić information content (AvgIpc) is 2.80. The zero-order valence-electron chi connectivity index (χ0n) is 10.3. The summed E-state index contributed by atoms with van der Waals surface area (Å²) < 4.78 is 6.50. The van der Waals surface area contributed by atoms with Crippen molar-refractivity contribution in [2.75, 3.05) is 25.2 Å². The third-order valence-electron chi connectivity index (χ3n) is 3.34. The van der Waals surface area contributed by atoms with Gasteiger partial charge in [0.05, 0.1) is 12.6 Å². The zero-order chi connectivity index (χ0) is 12.4. The van der Waals surface area contributed by atoms with Crippen molar-refractivity contribution in [2.24, 2.45) is 5.73 Å². The Bertz CT molecular complexity index is 389. The van der Waals surface area contributed by atoms with E-state index in [1.165, 1.54) is 5.69 Å². The van der Waals surface area contributed by atoms with Gasteiger partial charge in [-0.15, -0.1) is 0 Å². The van der Waals surface area contributed by atoms with Crippen LogP contribution in [-0.4, -0.2) is 26.3 Å². The second-order valence-electron chi connectivity index (χ2n) is 4.62. The lowest BCUT2D eigenvalue weighted by Crippen LogP contribution is -2.31. The van der Waals surface area contributed by atoms with Gasteiger partial charge >= 0.3 is 0 Å². The summed E-state index contributed by atoms with van der Waals surface area (Å²) in [6.45, 7) is 3.69. The van der Waals surface area contributed by atoms with Gasteiger partial charge < -0.3 is 15.4 Å². The molecule has 0 aliphatic carbocycles. The Labute approximate surface area is 111 Å². The molecular weight excluding hydrogens is 280 g/mol. The highest BCUT2D eigenvalue weighted by molar-refractivity contribution is 9.10. The number of nitrogens with two attached hydrogens (primary N) is 1. The maximum absolute atomic E-state index is 5.90. The van der Waals surface area contributed by atoms with Crippen LogP contribution in [0.25, 0.3) is 0 Å². The first kappa shape index (κ1) is 12.9. The van der Waals surface area contributed by atoms with Gasteiger partial charge in [0, 0.05) is 29.9 Å². The Kier molecular flexibility index (Phi) is 4.07. The summed E-state index contributed by atoms with van der Waals surface area (Å²) in [5.41, 5.74) is 8.25. The second kappa shape index (κ2) is 5.38. The lowest BCUT2D eigenvalue weighted by atomic mass is 10.1. The van der Waals surface area contributed by atoms with Gasteiger partial charge in [0.2, 0.25) is 0 Å². The highest BCUT2D eigenvalue weighted by Crippen LogP contribution is 2.28. The van der Waals surface area contributed by atoms with Crippen molar-refractivity contribution in [1.82, 2.24) is 0 Å². The lowest BCUT2D eigenvalue weighted by Gasteiger charge is -2.26. The number of nitrogens with zero attached hydrogens (tertiary/aromatic N) is 1. The van der Waals surface area contributed by atoms with Crippen LogP contribution >= 0.6 is 15.9 Å². The molecule has 0 bridgehead atoms. The number of anilines is 1. The van der Waals surface area contributed by atoms with Crippen molar-refractivity contribution in [3.63, 3.8) is 0 Å². The van der Waals surface area contributed by atoms with E-state index in [0.717, 1.165) is 29.7 Å². The summed E-state index contributed by atoms with van der Waals surface area (Å²) in [4.78, 5) is 2.28. The van der Waals surface area contributed by atoms with Crippen LogP contribution in [0.5, 0.6) is 0 Å². The highest BCUT2D eigenvalue weighted by Gasteiger charge is 2.21. The first-order valence-corrected chi connectivity index (χ1v) is 6.74. The zero-order valence-corrected chi connectivity index (χ0v) is 11.9. The maximum Gasteiger partial charge on any atom is 0.0670 e. The van der Waals surface area contributed by atoms with Crippen LogP contribution in [-0.2, 0) is 4.74 Å². The van der Waals surface area contributed by atoms with Crippen LogP contribution in [0.15, 0.2) is 22.7 Å². The SMILES string of the molecule is CC(N)c1ccc(N(C)C2CCOC2)cc1Br. The van der Waals surface area contributed by atoms with E-state index in [1.54, 1.807) is 0 Å². The summed E-state index contributed by atoms with van der Waals surface area (Å²) >= 11 is 3.59. The summed E-state index contributed by atoms with van der Waals surface area (Å²) in [6.07, 6.45) is 1.10. The molecule has 1 aliphatic rings. The van der Waals surface area contributed by atoms with Crippen LogP contribution in [0.4, 0.5) is 5.69 Å². The van der Waals surface area contributed by atoms with Gasteiger partial charge in [-0.05, 0) is 31.0 Å². The Morgan fingerprint density at radius 2 is 2.29 bits per heavy atom. The van der Waals surface area contributed by atoms with E-state index in [4.69, 9.17) is 10.5 Å². The van der Waals surface area contributed by atoms with Crippen molar-refractivity contribution < 1.29 is 4.74 Å². The molecule has 17 heavy (non-hydrogen) atoms. The molecule has 1 aromatic rings. The molecule has 2 rings (SSSR count). The van der Waals surface area contributed by atoms with Crippen LogP contribution in [0.1, 0.15) is 24.9 Å². The number of likely N-dealkylation sites (N-methyl/N-ethyl adjacent to an activating group) is 1. The molecular formula is C13H19BrN2O. The van der Waals surface area contributed by atoms with E-state index < -0.39 is 0 Å². The molecule has 0 spiro atoms. The van der Waals surface area contributed by atoms with Crippen molar-refractivity contribution in [1.29, 1.82) is 0 Å². The van der Waals surface area contributed by atoms with Crippen molar-refractivity contribution in [2.45, 2.75) is 25.4 Å². The summed E-state index contributed by atoms with van der Waals surface area (Å²) in [6, 6.07) is 6.90. The minimum absolute atomic E-state index is 0.0542. The van der Waals surface area contributed by atoms with Crippen LogP contribution in [0.3, 0.4) is 0 Å². The molecule has 0 saturated carbocycles. The van der Waals surface area contributed by atoms with Gasteiger partial charge in [0.15, 0.2) is 0 Å². The number of halogens is 1. The van der Waals surface area contributed by atoms with Crippen molar-refractivity contribution in [3.8, 4) is 0 Å². The number of hydrogen-bond acceptors (Lipinski definition) is 3. The molecule has 0 amide bonds. The first-order valence-electron chi connectivity index (χ1n) is 5.95. The highest BCUT2D eigenvalue weighted by atomic mass is 79.9. The molecule has 2 unspecified atom stereocenters. The molecule has 94 valence electrons. The minimum atomic E-state index is 0.0542. The molecule has 1 aromatic carbocycles. The molecule has 4 heteroatoms. The predicted molar refractivity (Wildman–Crippen MR) is 74.4 cm³/mol. The third kappa shape index (κ3) is 2.81. The Morgan fingerprint density at radius 1 is 1.53 bits per heavy atom. The number of rotatable bonds is 3. The molecule has 2 N–H and O–H groups in total. The number of ether oxygens (including phenoxy) is 1.